The minimum atomic E-state index is -0.362. The zero-order valence-corrected chi connectivity index (χ0v) is 19.4. The lowest BCUT2D eigenvalue weighted by Gasteiger charge is -2.42. The highest BCUT2D eigenvalue weighted by Crippen LogP contribution is 2.32. The number of nitrogens with zero attached hydrogens (tertiary/aromatic N) is 1. The van der Waals surface area contributed by atoms with Gasteiger partial charge in [-0.25, -0.2) is 4.79 Å². The second kappa shape index (κ2) is 10.6. The van der Waals surface area contributed by atoms with E-state index >= 15 is 0 Å². The molecule has 0 unspecified atom stereocenters. The van der Waals surface area contributed by atoms with Crippen molar-refractivity contribution >= 4 is 23.5 Å². The highest BCUT2D eigenvalue weighted by molar-refractivity contribution is 5.99. The molecule has 2 aliphatic heterocycles. The maximum absolute atomic E-state index is 13.3. The number of carbonyl (C=O) groups excluding carboxylic acids is 3. The largest absolute Gasteiger partial charge is 0.490 e. The van der Waals surface area contributed by atoms with E-state index in [4.69, 9.17) is 9.47 Å². The van der Waals surface area contributed by atoms with Crippen molar-refractivity contribution in [3.63, 3.8) is 0 Å². The molecule has 1 fully saturated rings. The van der Waals surface area contributed by atoms with E-state index in [1.165, 1.54) is 0 Å². The smallest absolute Gasteiger partial charge is 0.319 e. The van der Waals surface area contributed by atoms with E-state index in [0.29, 0.717) is 36.4 Å². The van der Waals surface area contributed by atoms with Crippen LogP contribution in [0.25, 0.3) is 0 Å². The van der Waals surface area contributed by atoms with Crippen molar-refractivity contribution in [1.29, 1.82) is 0 Å². The maximum atomic E-state index is 13.3. The Morgan fingerprint density at radius 3 is 2.68 bits per heavy atom. The molecular formula is C25H30N4O5. The monoisotopic (exact) mass is 466 g/mol. The number of urea groups is 1. The minimum Gasteiger partial charge on any atom is -0.490 e. The summed E-state index contributed by atoms with van der Waals surface area (Å²) in [5.74, 6) is 0.159. The Bertz CT molecular complexity index is 1040. The van der Waals surface area contributed by atoms with Gasteiger partial charge in [0.05, 0.1) is 24.1 Å². The molecule has 0 radical (unpaired) electrons. The number of benzene rings is 2. The van der Waals surface area contributed by atoms with Gasteiger partial charge in [-0.2, -0.15) is 0 Å². The number of nitrogens with one attached hydrogen (secondary N) is 3. The average molecular weight is 467 g/mol. The summed E-state index contributed by atoms with van der Waals surface area (Å²) in [6, 6.07) is 14.1. The Morgan fingerprint density at radius 1 is 1.12 bits per heavy atom. The second-order valence-electron chi connectivity index (χ2n) is 8.55. The molecule has 3 N–H and O–H groups in total. The number of amides is 4. The third kappa shape index (κ3) is 5.48. The first-order chi connectivity index (χ1) is 16.4. The Morgan fingerprint density at radius 2 is 1.91 bits per heavy atom. The maximum Gasteiger partial charge on any atom is 0.319 e. The molecule has 4 rings (SSSR count). The minimum absolute atomic E-state index is 0.0715. The van der Waals surface area contributed by atoms with Gasteiger partial charge in [0.1, 0.15) is 18.5 Å². The molecule has 34 heavy (non-hydrogen) atoms. The molecule has 180 valence electrons. The lowest BCUT2D eigenvalue weighted by molar-refractivity contribution is -0.133. The van der Waals surface area contributed by atoms with Gasteiger partial charge in [-0.15, -0.1) is 0 Å². The summed E-state index contributed by atoms with van der Waals surface area (Å²) in [4.78, 5) is 39.1. The number of hydrogen-bond acceptors (Lipinski definition) is 5. The number of likely N-dealkylation sites (N-methyl/N-ethyl adjacent to an activating group) is 1. The molecule has 0 aromatic heterocycles. The van der Waals surface area contributed by atoms with Crippen LogP contribution in [0.5, 0.6) is 5.75 Å². The summed E-state index contributed by atoms with van der Waals surface area (Å²) in [6.45, 7) is 0.663. The zero-order chi connectivity index (χ0) is 24.1. The van der Waals surface area contributed by atoms with Gasteiger partial charge in [-0.05, 0) is 36.6 Å². The van der Waals surface area contributed by atoms with Crippen molar-refractivity contribution in [3.05, 3.63) is 59.7 Å². The van der Waals surface area contributed by atoms with Gasteiger partial charge in [0.2, 0.25) is 5.91 Å². The molecule has 4 amide bonds. The van der Waals surface area contributed by atoms with E-state index in [-0.39, 0.29) is 49.1 Å². The number of anilines is 1. The van der Waals surface area contributed by atoms with Crippen LogP contribution < -0.4 is 20.7 Å². The molecule has 2 heterocycles. The fourth-order valence-corrected chi connectivity index (χ4v) is 4.37. The van der Waals surface area contributed by atoms with Crippen LogP contribution in [-0.4, -0.2) is 61.7 Å². The lowest BCUT2D eigenvalue weighted by atomic mass is 9.94. The van der Waals surface area contributed by atoms with Crippen molar-refractivity contribution in [2.75, 3.05) is 26.0 Å². The van der Waals surface area contributed by atoms with Crippen molar-refractivity contribution in [2.24, 2.45) is 0 Å². The van der Waals surface area contributed by atoms with Crippen molar-refractivity contribution in [2.45, 2.75) is 44.1 Å². The van der Waals surface area contributed by atoms with Crippen LogP contribution in [0.4, 0.5) is 10.5 Å². The van der Waals surface area contributed by atoms with Gasteiger partial charge in [0.15, 0.2) is 0 Å². The predicted octanol–water partition coefficient (Wildman–Crippen LogP) is 2.52. The molecule has 2 aromatic carbocycles. The fraction of sp³-hybridized carbons (Fsp3) is 0.400. The van der Waals surface area contributed by atoms with Crippen LogP contribution in [0.15, 0.2) is 48.5 Å². The molecule has 0 spiro atoms. The Labute approximate surface area is 198 Å². The van der Waals surface area contributed by atoms with Crippen LogP contribution in [0, 0.1) is 0 Å². The highest BCUT2D eigenvalue weighted by Gasteiger charge is 2.39. The van der Waals surface area contributed by atoms with Gasteiger partial charge in [-0.1, -0.05) is 30.3 Å². The van der Waals surface area contributed by atoms with Gasteiger partial charge >= 0.3 is 6.03 Å². The first kappa shape index (κ1) is 23.6. The summed E-state index contributed by atoms with van der Waals surface area (Å²) in [6.07, 6.45) is 1.16. The van der Waals surface area contributed by atoms with Crippen LogP contribution in [0.3, 0.4) is 0 Å². The van der Waals surface area contributed by atoms with E-state index < -0.39 is 0 Å². The SMILES string of the molecule is CNC(=O)C[C@H]1CC[C@H]2[C@H](COc3ccc(NC(=O)NCc4ccccc4)cc3C(=O)N2C)O1. The standard InChI is InChI=1S/C25H30N4O5/c1-26-23(30)13-18-9-10-20-22(34-18)15-33-21-11-8-17(12-19(21)24(31)29(20)2)28-25(32)27-14-16-6-4-3-5-7-16/h3-8,11-12,18,20,22H,9-10,13-15H2,1-2H3,(H,26,30)(H2,27,28,32)/t18-,20+,22+/m1/s1. The van der Waals surface area contributed by atoms with Crippen LogP contribution in [0.1, 0.15) is 35.2 Å². The van der Waals surface area contributed by atoms with E-state index in [1.807, 2.05) is 30.3 Å². The number of fused-ring (bicyclic) bond motifs is 2. The van der Waals surface area contributed by atoms with Gasteiger partial charge in [0, 0.05) is 26.3 Å². The fourth-order valence-electron chi connectivity index (χ4n) is 4.37. The van der Waals surface area contributed by atoms with E-state index in [9.17, 15) is 14.4 Å². The molecule has 3 atom stereocenters. The van der Waals surface area contributed by atoms with E-state index in [0.717, 1.165) is 5.56 Å². The molecule has 1 saturated heterocycles. The molecular weight excluding hydrogens is 436 g/mol. The zero-order valence-electron chi connectivity index (χ0n) is 19.4. The topological polar surface area (TPSA) is 109 Å². The number of rotatable bonds is 5. The van der Waals surface area contributed by atoms with Gasteiger partial charge in [-0.3, -0.25) is 9.59 Å². The van der Waals surface area contributed by atoms with Gasteiger partial charge < -0.3 is 30.3 Å². The number of carbonyl (C=O) groups is 3. The molecule has 9 heteroatoms. The second-order valence-corrected chi connectivity index (χ2v) is 8.55. The van der Waals surface area contributed by atoms with Crippen LogP contribution >= 0.6 is 0 Å². The first-order valence-corrected chi connectivity index (χ1v) is 11.4. The highest BCUT2D eigenvalue weighted by atomic mass is 16.5. The quantitative estimate of drug-likeness (QED) is 0.628. The van der Waals surface area contributed by atoms with Crippen molar-refractivity contribution in [1.82, 2.24) is 15.5 Å². The van der Waals surface area contributed by atoms with E-state index in [2.05, 4.69) is 16.0 Å². The summed E-state index contributed by atoms with van der Waals surface area (Å²) in [7, 11) is 3.36. The third-order valence-electron chi connectivity index (χ3n) is 6.26. The van der Waals surface area contributed by atoms with Crippen molar-refractivity contribution in [3.8, 4) is 5.75 Å². The molecule has 2 aliphatic rings. The van der Waals surface area contributed by atoms with Crippen molar-refractivity contribution < 1.29 is 23.9 Å². The normalized spacial score (nSPS) is 21.8. The lowest BCUT2D eigenvalue weighted by Crippen LogP contribution is -2.53. The first-order valence-electron chi connectivity index (χ1n) is 11.4. The number of hydrogen-bond donors (Lipinski definition) is 3. The summed E-state index contributed by atoms with van der Waals surface area (Å²) in [5, 5.41) is 8.21. The Hall–Kier alpha value is -3.59. The summed E-state index contributed by atoms with van der Waals surface area (Å²) in [5.41, 5.74) is 1.87. The molecule has 9 nitrogen and oxygen atoms in total. The van der Waals surface area contributed by atoms with Crippen LogP contribution in [0.2, 0.25) is 0 Å². The number of ether oxygens (including phenoxy) is 2. The molecule has 2 aromatic rings. The average Bonchev–Trinajstić information content (AvgIpc) is 2.86. The van der Waals surface area contributed by atoms with Gasteiger partial charge in [0.25, 0.3) is 5.91 Å². The summed E-state index contributed by atoms with van der Waals surface area (Å²) >= 11 is 0. The third-order valence-corrected chi connectivity index (χ3v) is 6.26. The summed E-state index contributed by atoms with van der Waals surface area (Å²) < 4.78 is 12.1. The molecule has 0 bridgehead atoms. The Balaban J connectivity index is 1.43. The molecule has 0 saturated carbocycles. The Kier molecular flexibility index (Phi) is 7.32. The van der Waals surface area contributed by atoms with Crippen LogP contribution in [-0.2, 0) is 16.1 Å². The molecule has 0 aliphatic carbocycles. The predicted molar refractivity (Wildman–Crippen MR) is 127 cm³/mol. The van der Waals surface area contributed by atoms with E-state index in [1.54, 1.807) is 37.2 Å².